The Morgan fingerprint density at radius 3 is 2.44 bits per heavy atom. The van der Waals surface area contributed by atoms with Crippen LogP contribution in [-0.4, -0.2) is 33.0 Å². The Kier molecular flexibility index (Phi) is 5.51. The lowest BCUT2D eigenvalue weighted by molar-refractivity contribution is -0.140. The number of aliphatic carboxylic acids is 1. The van der Waals surface area contributed by atoms with Crippen molar-refractivity contribution in [3.05, 3.63) is 35.9 Å². The van der Waals surface area contributed by atoms with Gasteiger partial charge in [-0.1, -0.05) is 30.3 Å². The maximum absolute atomic E-state index is 11.8. The van der Waals surface area contributed by atoms with Crippen LogP contribution >= 0.6 is 0 Å². The summed E-state index contributed by atoms with van der Waals surface area (Å²) in [6, 6.07) is 8.05. The van der Waals surface area contributed by atoms with Crippen LogP contribution in [0.5, 0.6) is 0 Å². The number of carboxylic acid groups (broad SMARTS) is 1. The molecule has 18 heavy (non-hydrogen) atoms. The Morgan fingerprint density at radius 1 is 1.33 bits per heavy atom. The van der Waals surface area contributed by atoms with Crippen molar-refractivity contribution in [3.63, 3.8) is 0 Å². The van der Waals surface area contributed by atoms with Crippen LogP contribution in [0.4, 0.5) is 0 Å². The van der Waals surface area contributed by atoms with E-state index in [0.29, 0.717) is 0 Å². The number of amides is 1. The van der Waals surface area contributed by atoms with Gasteiger partial charge in [0.25, 0.3) is 0 Å². The van der Waals surface area contributed by atoms with E-state index in [9.17, 15) is 13.8 Å². The Bertz CT molecular complexity index is 447. The van der Waals surface area contributed by atoms with Crippen LogP contribution in [0.1, 0.15) is 12.5 Å². The van der Waals surface area contributed by atoms with E-state index in [1.807, 2.05) is 30.3 Å². The molecule has 1 unspecified atom stereocenters. The lowest BCUT2D eigenvalue weighted by Crippen LogP contribution is -2.43. The van der Waals surface area contributed by atoms with Gasteiger partial charge in [-0.05, 0) is 5.56 Å². The topological polar surface area (TPSA) is 83.5 Å². The zero-order chi connectivity index (χ0) is 13.5. The van der Waals surface area contributed by atoms with E-state index in [-0.39, 0.29) is 11.5 Å². The van der Waals surface area contributed by atoms with E-state index >= 15 is 0 Å². The molecule has 0 saturated heterocycles. The van der Waals surface area contributed by atoms with Crippen LogP contribution in [0.15, 0.2) is 30.3 Å². The number of hydrogen-bond donors (Lipinski definition) is 2. The maximum Gasteiger partial charge on any atom is 0.327 e. The minimum atomic E-state index is -1.33. The predicted octanol–water partition coefficient (Wildman–Crippen LogP) is 0.525. The van der Waals surface area contributed by atoms with Gasteiger partial charge in [-0.3, -0.25) is 9.00 Å². The molecular formula is C12H15NO4S. The van der Waals surface area contributed by atoms with Gasteiger partial charge >= 0.3 is 5.97 Å². The molecule has 5 nitrogen and oxygen atoms in total. The van der Waals surface area contributed by atoms with Gasteiger partial charge < -0.3 is 10.4 Å². The van der Waals surface area contributed by atoms with Crippen LogP contribution < -0.4 is 5.32 Å². The van der Waals surface area contributed by atoms with Crippen LogP contribution in [0, 0.1) is 0 Å². The Labute approximate surface area is 108 Å². The van der Waals surface area contributed by atoms with Gasteiger partial charge in [-0.2, -0.15) is 0 Å². The molecule has 1 aromatic rings. The van der Waals surface area contributed by atoms with Gasteiger partial charge in [0.2, 0.25) is 5.91 Å². The van der Waals surface area contributed by atoms with Crippen LogP contribution in [0.2, 0.25) is 0 Å². The molecule has 0 heterocycles. The summed E-state index contributed by atoms with van der Waals surface area (Å²) in [6.45, 7) is 1.23. The molecule has 0 bridgehead atoms. The highest BCUT2D eigenvalue weighted by molar-refractivity contribution is 7.84. The summed E-state index contributed by atoms with van der Waals surface area (Å²) in [7, 11) is -1.33. The molecule has 2 atom stereocenters. The van der Waals surface area contributed by atoms with Gasteiger partial charge in [-0.25, -0.2) is 4.79 Å². The number of carbonyl (C=O) groups is 2. The number of benzene rings is 1. The molecule has 0 fully saturated rings. The third kappa shape index (κ3) is 5.09. The van der Waals surface area contributed by atoms with E-state index in [2.05, 4.69) is 5.32 Å². The molecule has 1 aromatic carbocycles. The molecule has 0 radical (unpaired) electrons. The van der Waals surface area contributed by atoms with E-state index in [1.54, 1.807) is 0 Å². The van der Waals surface area contributed by atoms with Gasteiger partial charge in [0, 0.05) is 23.5 Å². The molecule has 0 aliphatic heterocycles. The third-order valence-corrected chi connectivity index (χ3v) is 3.56. The zero-order valence-electron chi connectivity index (χ0n) is 9.96. The highest BCUT2D eigenvalue weighted by Gasteiger charge is 2.21. The predicted molar refractivity (Wildman–Crippen MR) is 68.4 cm³/mol. The normalized spacial score (nSPS) is 13.6. The largest absolute Gasteiger partial charge is 0.480 e. The molecule has 0 aliphatic rings. The SMILES string of the molecule is CC(=O)N[C@@H](CS(=O)Cc1ccccc1)C(=O)O. The van der Waals surface area contributed by atoms with Gasteiger partial charge in [0.15, 0.2) is 0 Å². The number of hydrogen-bond acceptors (Lipinski definition) is 3. The summed E-state index contributed by atoms with van der Waals surface area (Å²) in [5.74, 6) is -1.43. The summed E-state index contributed by atoms with van der Waals surface area (Å²) in [5, 5.41) is 11.2. The van der Waals surface area contributed by atoms with Crippen LogP contribution in [0.3, 0.4) is 0 Å². The highest BCUT2D eigenvalue weighted by Crippen LogP contribution is 2.04. The second kappa shape index (κ2) is 6.90. The van der Waals surface area contributed by atoms with Crippen molar-refractivity contribution in [2.24, 2.45) is 0 Å². The first-order chi connectivity index (χ1) is 8.49. The quantitative estimate of drug-likeness (QED) is 0.789. The summed E-state index contributed by atoms with van der Waals surface area (Å²) in [6.07, 6.45) is 0. The van der Waals surface area contributed by atoms with E-state index in [1.165, 1.54) is 6.92 Å². The molecule has 98 valence electrons. The Morgan fingerprint density at radius 2 is 1.94 bits per heavy atom. The molecule has 0 aromatic heterocycles. The Balaban J connectivity index is 2.56. The monoisotopic (exact) mass is 269 g/mol. The highest BCUT2D eigenvalue weighted by atomic mass is 32.2. The van der Waals surface area contributed by atoms with Gasteiger partial charge in [0.1, 0.15) is 6.04 Å². The van der Waals surface area contributed by atoms with Crippen LogP contribution in [0.25, 0.3) is 0 Å². The standard InChI is InChI=1S/C12H15NO4S/c1-9(14)13-11(12(15)16)8-18(17)7-10-5-3-2-4-6-10/h2-6,11H,7-8H2,1H3,(H,13,14)(H,15,16)/t11-,18?/m0/s1. The average molecular weight is 269 g/mol. The fraction of sp³-hybridized carbons (Fsp3) is 0.333. The summed E-state index contributed by atoms with van der Waals surface area (Å²) >= 11 is 0. The first-order valence-electron chi connectivity index (χ1n) is 5.38. The van der Waals surface area contributed by atoms with E-state index < -0.39 is 28.7 Å². The third-order valence-electron chi connectivity index (χ3n) is 2.20. The fourth-order valence-corrected chi connectivity index (χ4v) is 2.70. The summed E-state index contributed by atoms with van der Waals surface area (Å²) < 4.78 is 11.8. The second-order valence-electron chi connectivity index (χ2n) is 3.83. The molecule has 0 spiro atoms. The molecule has 6 heteroatoms. The smallest absolute Gasteiger partial charge is 0.327 e. The maximum atomic E-state index is 11.8. The molecular weight excluding hydrogens is 254 g/mol. The van der Waals surface area contributed by atoms with Crippen molar-refractivity contribution in [1.82, 2.24) is 5.32 Å². The minimum Gasteiger partial charge on any atom is -0.480 e. The summed E-state index contributed by atoms with van der Waals surface area (Å²) in [4.78, 5) is 21.7. The molecule has 0 aliphatic carbocycles. The number of carbonyl (C=O) groups excluding carboxylic acids is 1. The molecule has 2 N–H and O–H groups in total. The van der Waals surface area contributed by atoms with Crippen molar-refractivity contribution in [3.8, 4) is 0 Å². The summed E-state index contributed by atoms with van der Waals surface area (Å²) in [5.41, 5.74) is 0.878. The van der Waals surface area contributed by atoms with Gasteiger partial charge in [-0.15, -0.1) is 0 Å². The first-order valence-corrected chi connectivity index (χ1v) is 6.86. The van der Waals surface area contributed by atoms with Crippen LogP contribution in [-0.2, 0) is 26.1 Å². The molecule has 0 saturated carbocycles. The van der Waals surface area contributed by atoms with Crippen molar-refractivity contribution >= 4 is 22.7 Å². The second-order valence-corrected chi connectivity index (χ2v) is 5.33. The number of rotatable bonds is 6. The van der Waals surface area contributed by atoms with Crippen molar-refractivity contribution < 1.29 is 18.9 Å². The molecule has 1 rings (SSSR count). The molecule has 1 amide bonds. The van der Waals surface area contributed by atoms with Crippen molar-refractivity contribution in [1.29, 1.82) is 0 Å². The first kappa shape index (κ1) is 14.4. The minimum absolute atomic E-state index is 0.0934. The lowest BCUT2D eigenvalue weighted by atomic mass is 10.2. The zero-order valence-corrected chi connectivity index (χ0v) is 10.8. The number of carboxylic acids is 1. The van der Waals surface area contributed by atoms with Crippen molar-refractivity contribution in [2.45, 2.75) is 18.7 Å². The van der Waals surface area contributed by atoms with E-state index in [4.69, 9.17) is 5.11 Å². The van der Waals surface area contributed by atoms with E-state index in [0.717, 1.165) is 5.56 Å². The lowest BCUT2D eigenvalue weighted by Gasteiger charge is -2.12. The Hall–Kier alpha value is -1.69. The fourth-order valence-electron chi connectivity index (χ4n) is 1.42. The van der Waals surface area contributed by atoms with Crippen molar-refractivity contribution in [2.75, 3.05) is 5.75 Å². The van der Waals surface area contributed by atoms with Gasteiger partial charge in [0.05, 0.1) is 5.75 Å². The average Bonchev–Trinajstić information content (AvgIpc) is 2.28. The number of nitrogens with one attached hydrogen (secondary N) is 1.